The van der Waals surface area contributed by atoms with Gasteiger partial charge in [-0.05, 0) is 24.5 Å². The zero-order valence-electron chi connectivity index (χ0n) is 13.1. The first kappa shape index (κ1) is 17.2. The van der Waals surface area contributed by atoms with E-state index in [4.69, 9.17) is 9.15 Å². The van der Waals surface area contributed by atoms with Crippen LogP contribution in [0.3, 0.4) is 0 Å². The van der Waals surface area contributed by atoms with Crippen LogP contribution in [-0.4, -0.2) is 43.5 Å². The standard InChI is InChI=1S/C15H24N2O4/c1-11(2)8-13(15(19)20-4)16-9-14(18)17(3)10-12-6-5-7-21-12/h5-7,11,13,16H,8-10H2,1-4H3. The van der Waals surface area contributed by atoms with Crippen molar-refractivity contribution in [2.24, 2.45) is 5.92 Å². The van der Waals surface area contributed by atoms with Gasteiger partial charge in [0, 0.05) is 7.05 Å². The molecule has 1 heterocycles. The molecular weight excluding hydrogens is 272 g/mol. The summed E-state index contributed by atoms with van der Waals surface area (Å²) < 4.78 is 9.95. The van der Waals surface area contributed by atoms with Gasteiger partial charge in [-0.15, -0.1) is 0 Å². The quantitative estimate of drug-likeness (QED) is 0.735. The smallest absolute Gasteiger partial charge is 0.322 e. The maximum atomic E-state index is 12.0. The van der Waals surface area contributed by atoms with Crippen molar-refractivity contribution in [2.45, 2.75) is 32.9 Å². The molecule has 118 valence electrons. The third kappa shape index (κ3) is 5.99. The SMILES string of the molecule is COC(=O)C(CC(C)C)NCC(=O)N(C)Cc1ccco1. The molecule has 0 spiro atoms. The van der Waals surface area contributed by atoms with E-state index < -0.39 is 6.04 Å². The van der Waals surface area contributed by atoms with Crippen LogP contribution in [0.4, 0.5) is 0 Å². The van der Waals surface area contributed by atoms with E-state index in [1.807, 2.05) is 19.9 Å². The first-order valence-electron chi connectivity index (χ1n) is 7.01. The van der Waals surface area contributed by atoms with Crippen molar-refractivity contribution in [3.8, 4) is 0 Å². The van der Waals surface area contributed by atoms with Crippen LogP contribution in [0.15, 0.2) is 22.8 Å². The molecule has 6 nitrogen and oxygen atoms in total. The van der Waals surface area contributed by atoms with E-state index in [9.17, 15) is 9.59 Å². The Labute approximate surface area is 125 Å². The predicted octanol–water partition coefficient (Wildman–Crippen LogP) is 1.42. The molecule has 0 aliphatic carbocycles. The summed E-state index contributed by atoms with van der Waals surface area (Å²) in [6.07, 6.45) is 2.20. The number of nitrogens with zero attached hydrogens (tertiary/aromatic N) is 1. The Kier molecular flexibility index (Phi) is 6.94. The molecule has 1 unspecified atom stereocenters. The third-order valence-corrected chi connectivity index (χ3v) is 3.09. The Bertz CT molecular complexity index is 443. The molecule has 1 aromatic rings. The normalized spacial score (nSPS) is 12.2. The topological polar surface area (TPSA) is 71.8 Å². The van der Waals surface area contributed by atoms with Crippen molar-refractivity contribution in [1.29, 1.82) is 0 Å². The molecule has 0 saturated heterocycles. The van der Waals surface area contributed by atoms with Gasteiger partial charge in [0.15, 0.2) is 0 Å². The Morgan fingerprint density at radius 2 is 2.14 bits per heavy atom. The second-order valence-corrected chi connectivity index (χ2v) is 5.42. The number of hydrogen-bond acceptors (Lipinski definition) is 5. The minimum Gasteiger partial charge on any atom is -0.468 e. The zero-order chi connectivity index (χ0) is 15.8. The van der Waals surface area contributed by atoms with Crippen LogP contribution in [0.1, 0.15) is 26.0 Å². The fourth-order valence-corrected chi connectivity index (χ4v) is 1.95. The number of carbonyl (C=O) groups is 2. The summed E-state index contributed by atoms with van der Waals surface area (Å²) in [7, 11) is 3.05. The van der Waals surface area contributed by atoms with Crippen molar-refractivity contribution in [2.75, 3.05) is 20.7 Å². The average molecular weight is 296 g/mol. The fourth-order valence-electron chi connectivity index (χ4n) is 1.95. The summed E-state index contributed by atoms with van der Waals surface area (Å²) in [4.78, 5) is 25.3. The molecule has 21 heavy (non-hydrogen) atoms. The lowest BCUT2D eigenvalue weighted by molar-refractivity contribution is -0.143. The van der Waals surface area contributed by atoms with Crippen LogP contribution >= 0.6 is 0 Å². The maximum Gasteiger partial charge on any atom is 0.322 e. The number of amides is 1. The largest absolute Gasteiger partial charge is 0.468 e. The predicted molar refractivity (Wildman–Crippen MR) is 78.4 cm³/mol. The van der Waals surface area contributed by atoms with Crippen molar-refractivity contribution in [3.05, 3.63) is 24.2 Å². The monoisotopic (exact) mass is 296 g/mol. The van der Waals surface area contributed by atoms with Crippen LogP contribution < -0.4 is 5.32 Å². The molecule has 1 amide bonds. The van der Waals surface area contributed by atoms with Gasteiger partial charge in [0.2, 0.25) is 5.91 Å². The zero-order valence-corrected chi connectivity index (χ0v) is 13.1. The summed E-state index contributed by atoms with van der Waals surface area (Å²) in [5, 5.41) is 2.97. The highest BCUT2D eigenvalue weighted by Gasteiger charge is 2.21. The van der Waals surface area contributed by atoms with Crippen molar-refractivity contribution in [3.63, 3.8) is 0 Å². The molecule has 0 aliphatic rings. The first-order valence-corrected chi connectivity index (χ1v) is 7.01. The molecule has 6 heteroatoms. The lowest BCUT2D eigenvalue weighted by Gasteiger charge is -2.20. The van der Waals surface area contributed by atoms with Crippen LogP contribution in [0.25, 0.3) is 0 Å². The minimum absolute atomic E-state index is 0.0870. The molecule has 0 aliphatic heterocycles. The van der Waals surface area contributed by atoms with Crippen molar-refractivity contribution in [1.82, 2.24) is 10.2 Å². The van der Waals surface area contributed by atoms with E-state index in [1.165, 1.54) is 7.11 Å². The molecule has 1 atom stereocenters. The van der Waals surface area contributed by atoms with Gasteiger partial charge < -0.3 is 14.1 Å². The maximum absolute atomic E-state index is 12.0. The molecule has 1 rings (SSSR count). The van der Waals surface area contributed by atoms with E-state index in [2.05, 4.69) is 5.32 Å². The number of methoxy groups -OCH3 is 1. The van der Waals surface area contributed by atoms with Gasteiger partial charge in [-0.3, -0.25) is 14.9 Å². The molecule has 0 aromatic carbocycles. The van der Waals surface area contributed by atoms with Gasteiger partial charge in [0.05, 0.1) is 26.5 Å². The van der Waals surface area contributed by atoms with Gasteiger partial charge in [-0.1, -0.05) is 13.8 Å². The highest BCUT2D eigenvalue weighted by molar-refractivity contribution is 5.80. The highest BCUT2D eigenvalue weighted by Crippen LogP contribution is 2.07. The summed E-state index contributed by atoms with van der Waals surface area (Å²) >= 11 is 0. The Morgan fingerprint density at radius 3 is 2.67 bits per heavy atom. The van der Waals surface area contributed by atoms with E-state index >= 15 is 0 Å². The van der Waals surface area contributed by atoms with Crippen LogP contribution in [0.2, 0.25) is 0 Å². The second-order valence-electron chi connectivity index (χ2n) is 5.42. The Hall–Kier alpha value is -1.82. The van der Waals surface area contributed by atoms with Gasteiger partial charge in [-0.25, -0.2) is 0 Å². The van der Waals surface area contributed by atoms with E-state index in [0.717, 1.165) is 5.76 Å². The molecule has 1 N–H and O–H groups in total. The number of hydrogen-bond donors (Lipinski definition) is 1. The molecule has 0 radical (unpaired) electrons. The second kappa shape index (κ2) is 8.46. The number of likely N-dealkylation sites (N-methyl/N-ethyl adjacent to an activating group) is 1. The fraction of sp³-hybridized carbons (Fsp3) is 0.600. The third-order valence-electron chi connectivity index (χ3n) is 3.09. The first-order chi connectivity index (χ1) is 9.93. The Balaban J connectivity index is 2.46. The van der Waals surface area contributed by atoms with E-state index in [1.54, 1.807) is 24.3 Å². The van der Waals surface area contributed by atoms with Crippen molar-refractivity contribution >= 4 is 11.9 Å². The van der Waals surface area contributed by atoms with Crippen LogP contribution in [0.5, 0.6) is 0 Å². The van der Waals surface area contributed by atoms with Gasteiger partial charge >= 0.3 is 5.97 Å². The summed E-state index contributed by atoms with van der Waals surface area (Å²) in [5.74, 6) is 0.601. The summed E-state index contributed by atoms with van der Waals surface area (Å²) in [6, 6.07) is 3.13. The molecule has 0 bridgehead atoms. The number of ether oxygens (including phenoxy) is 1. The summed E-state index contributed by atoms with van der Waals surface area (Å²) in [6.45, 7) is 4.52. The number of carbonyl (C=O) groups excluding carboxylic acids is 2. The minimum atomic E-state index is -0.462. The molecular formula is C15H24N2O4. The number of furan rings is 1. The average Bonchev–Trinajstić information content (AvgIpc) is 2.94. The van der Waals surface area contributed by atoms with Gasteiger partial charge in [-0.2, -0.15) is 0 Å². The molecule has 0 saturated carbocycles. The molecule has 1 aromatic heterocycles. The number of rotatable bonds is 8. The van der Waals surface area contributed by atoms with Crippen LogP contribution in [0, 0.1) is 5.92 Å². The molecule has 0 fully saturated rings. The van der Waals surface area contributed by atoms with E-state index in [0.29, 0.717) is 18.9 Å². The Morgan fingerprint density at radius 1 is 1.43 bits per heavy atom. The van der Waals surface area contributed by atoms with Crippen molar-refractivity contribution < 1.29 is 18.7 Å². The lowest BCUT2D eigenvalue weighted by atomic mass is 10.0. The number of nitrogens with one attached hydrogen (secondary N) is 1. The van der Waals surface area contributed by atoms with Gasteiger partial charge in [0.25, 0.3) is 0 Å². The van der Waals surface area contributed by atoms with E-state index in [-0.39, 0.29) is 18.4 Å². The van der Waals surface area contributed by atoms with Gasteiger partial charge in [0.1, 0.15) is 11.8 Å². The number of esters is 1. The highest BCUT2D eigenvalue weighted by atomic mass is 16.5. The summed E-state index contributed by atoms with van der Waals surface area (Å²) in [5.41, 5.74) is 0. The lowest BCUT2D eigenvalue weighted by Crippen LogP contribution is -2.44. The van der Waals surface area contributed by atoms with Crippen LogP contribution in [-0.2, 0) is 20.9 Å².